The lowest BCUT2D eigenvalue weighted by Crippen LogP contribution is -2.48. The van der Waals surface area contributed by atoms with Gasteiger partial charge in [-0.2, -0.15) is 0 Å². The largest absolute Gasteiger partial charge is 0.477 e. The van der Waals surface area contributed by atoms with Crippen molar-refractivity contribution in [1.29, 1.82) is 0 Å². The van der Waals surface area contributed by atoms with Gasteiger partial charge >= 0.3 is 5.97 Å². The minimum Gasteiger partial charge on any atom is -0.477 e. The molecule has 0 spiro atoms. The van der Waals surface area contributed by atoms with Gasteiger partial charge in [-0.15, -0.1) is 12.4 Å². The summed E-state index contributed by atoms with van der Waals surface area (Å²) in [6, 6.07) is 10.7. The molecule has 4 aromatic rings. The predicted molar refractivity (Wildman–Crippen MR) is 155 cm³/mol. The molecule has 0 unspecified atom stereocenters. The van der Waals surface area contributed by atoms with Crippen LogP contribution >= 0.6 is 24.0 Å². The molecule has 6 rings (SSSR count). The van der Waals surface area contributed by atoms with E-state index in [1.54, 1.807) is 12.3 Å². The summed E-state index contributed by atoms with van der Waals surface area (Å²) in [7, 11) is 0. The van der Waals surface area contributed by atoms with Crippen LogP contribution in [0.1, 0.15) is 29.2 Å². The smallest absolute Gasteiger partial charge is 0.341 e. The fourth-order valence-electron chi connectivity index (χ4n) is 5.24. The van der Waals surface area contributed by atoms with Gasteiger partial charge in [0.05, 0.1) is 16.7 Å². The van der Waals surface area contributed by atoms with Crippen molar-refractivity contribution in [3.05, 3.63) is 75.4 Å². The van der Waals surface area contributed by atoms with Crippen molar-refractivity contribution in [3.8, 4) is 0 Å². The van der Waals surface area contributed by atoms with E-state index in [1.165, 1.54) is 12.3 Å². The summed E-state index contributed by atoms with van der Waals surface area (Å²) in [4.78, 5) is 33.0. The van der Waals surface area contributed by atoms with Crippen LogP contribution in [0.25, 0.3) is 21.8 Å². The second-order valence-electron chi connectivity index (χ2n) is 9.91. The molecule has 2 aromatic heterocycles. The van der Waals surface area contributed by atoms with E-state index in [2.05, 4.69) is 15.2 Å². The molecule has 1 aliphatic carbocycles. The van der Waals surface area contributed by atoms with Crippen LogP contribution < -0.4 is 15.6 Å². The normalized spacial score (nSPS) is 15.9. The van der Waals surface area contributed by atoms with Crippen LogP contribution in [0.15, 0.2) is 53.6 Å². The maximum absolute atomic E-state index is 15.2. The zero-order chi connectivity index (χ0) is 26.4. The summed E-state index contributed by atoms with van der Waals surface area (Å²) in [5.41, 5.74) is 1.95. The molecular weight excluding hydrogens is 544 g/mol. The number of pyridine rings is 2. The van der Waals surface area contributed by atoms with Gasteiger partial charge in [0.15, 0.2) is 0 Å². The van der Waals surface area contributed by atoms with Crippen molar-refractivity contribution in [2.24, 2.45) is 0 Å². The maximum Gasteiger partial charge on any atom is 0.341 e. The van der Waals surface area contributed by atoms with E-state index >= 15 is 4.39 Å². The number of carboxylic acids is 1. The molecule has 11 heteroatoms. The number of nitrogens with zero attached hydrogens (tertiary/aromatic N) is 4. The Kier molecular flexibility index (Phi) is 7.66. The molecule has 2 aromatic carbocycles. The molecule has 0 radical (unpaired) electrons. The molecule has 1 saturated heterocycles. The fourth-order valence-corrected chi connectivity index (χ4v) is 5.41. The zero-order valence-electron chi connectivity index (χ0n) is 21.1. The first-order valence-electron chi connectivity index (χ1n) is 12.8. The Balaban J connectivity index is 0.00000308. The molecule has 0 amide bonds. The van der Waals surface area contributed by atoms with E-state index in [1.807, 2.05) is 33.7 Å². The number of hydrogen-bond donors (Lipinski definition) is 2. The highest BCUT2D eigenvalue weighted by Gasteiger charge is 2.28. The van der Waals surface area contributed by atoms with Crippen LogP contribution in [-0.2, 0) is 0 Å². The summed E-state index contributed by atoms with van der Waals surface area (Å²) < 4.78 is 17.1. The summed E-state index contributed by atoms with van der Waals surface area (Å²) in [5, 5.41) is 14.7. The number of hydrogen-bond acceptors (Lipinski definition) is 6. The number of halogens is 3. The lowest BCUT2D eigenvalue weighted by Gasteiger charge is -2.36. The van der Waals surface area contributed by atoms with E-state index in [4.69, 9.17) is 11.6 Å². The number of nitrogens with one attached hydrogen (secondary N) is 1. The predicted octanol–water partition coefficient (Wildman–Crippen LogP) is 5.03. The number of carbonyl (C=O) groups is 1. The lowest BCUT2D eigenvalue weighted by molar-refractivity contribution is 0.0695. The number of benzene rings is 2. The summed E-state index contributed by atoms with van der Waals surface area (Å²) in [5.74, 6) is -1.79. The molecular formula is C28H28Cl2FN5O3. The van der Waals surface area contributed by atoms with Gasteiger partial charge in [0.1, 0.15) is 11.4 Å². The van der Waals surface area contributed by atoms with Crippen LogP contribution in [0.3, 0.4) is 0 Å². The third-order valence-electron chi connectivity index (χ3n) is 7.43. The van der Waals surface area contributed by atoms with E-state index in [0.717, 1.165) is 55.6 Å². The van der Waals surface area contributed by atoms with E-state index < -0.39 is 17.2 Å². The quantitative estimate of drug-likeness (QED) is 0.321. The minimum absolute atomic E-state index is 0. The number of aromatic carboxylic acids is 1. The second-order valence-corrected chi connectivity index (χ2v) is 10.3. The molecule has 3 heterocycles. The van der Waals surface area contributed by atoms with Crippen molar-refractivity contribution in [1.82, 2.24) is 14.5 Å². The zero-order valence-corrected chi connectivity index (χ0v) is 22.6. The van der Waals surface area contributed by atoms with Gasteiger partial charge in [0.2, 0.25) is 5.43 Å². The first-order valence-corrected chi connectivity index (χ1v) is 13.1. The van der Waals surface area contributed by atoms with Crippen molar-refractivity contribution in [2.75, 3.05) is 49.5 Å². The minimum atomic E-state index is -1.29. The number of piperazine rings is 1. The van der Waals surface area contributed by atoms with E-state index in [-0.39, 0.29) is 29.4 Å². The average molecular weight is 572 g/mol. The molecule has 2 aliphatic rings. The summed E-state index contributed by atoms with van der Waals surface area (Å²) in [6.45, 7) is 4.45. The highest BCUT2D eigenvalue weighted by atomic mass is 35.5. The number of aromatic nitrogens is 2. The topological polar surface area (TPSA) is 90.7 Å². The Morgan fingerprint density at radius 1 is 1.10 bits per heavy atom. The second kappa shape index (κ2) is 11.0. The Labute approximate surface area is 235 Å². The van der Waals surface area contributed by atoms with Crippen LogP contribution in [-0.4, -0.2) is 64.8 Å². The molecule has 8 nitrogen and oxygen atoms in total. The number of fused-ring (bicyclic) bond motifs is 2. The van der Waals surface area contributed by atoms with Gasteiger partial charge in [-0.25, -0.2) is 9.18 Å². The fraction of sp³-hybridized carbons (Fsp3) is 0.321. The molecule has 0 atom stereocenters. The highest BCUT2D eigenvalue weighted by molar-refractivity contribution is 6.31. The van der Waals surface area contributed by atoms with E-state index in [0.29, 0.717) is 29.3 Å². The highest BCUT2D eigenvalue weighted by Crippen LogP contribution is 2.38. The summed E-state index contributed by atoms with van der Waals surface area (Å²) in [6.07, 6.45) is 5.01. The standard InChI is InChI=1S/C28H27ClFN5O3.ClH/c29-17-1-4-19-23(5-6-31-24(19)13-17)32-7-8-33-9-11-34(12-10-33)26-15-25-20(14-22(26)30)27(36)21(28(37)38)16-35(25)18-2-3-18;/h1,4-6,13-16,18H,2-3,7-12H2,(H,31,32)(H,37,38);1H. The monoisotopic (exact) mass is 571 g/mol. The molecule has 2 fully saturated rings. The van der Waals surface area contributed by atoms with Crippen molar-refractivity contribution in [3.63, 3.8) is 0 Å². The molecule has 1 aliphatic heterocycles. The molecule has 1 saturated carbocycles. The first-order chi connectivity index (χ1) is 18.4. The van der Waals surface area contributed by atoms with Gasteiger partial charge in [-0.1, -0.05) is 11.6 Å². The Morgan fingerprint density at radius 3 is 2.59 bits per heavy atom. The van der Waals surface area contributed by atoms with E-state index in [9.17, 15) is 14.7 Å². The Hall–Kier alpha value is -3.40. The van der Waals surface area contributed by atoms with Crippen molar-refractivity contribution >= 4 is 63.2 Å². The lowest BCUT2D eigenvalue weighted by atomic mass is 10.1. The summed E-state index contributed by atoms with van der Waals surface area (Å²) >= 11 is 6.09. The van der Waals surface area contributed by atoms with Gasteiger partial charge in [-0.3, -0.25) is 14.7 Å². The molecule has 0 bridgehead atoms. The van der Waals surface area contributed by atoms with Crippen LogP contribution in [0.5, 0.6) is 0 Å². The number of carboxylic acid groups (broad SMARTS) is 1. The van der Waals surface area contributed by atoms with Crippen molar-refractivity contribution < 1.29 is 14.3 Å². The number of rotatable bonds is 7. The van der Waals surface area contributed by atoms with Crippen LogP contribution in [0, 0.1) is 5.82 Å². The van der Waals surface area contributed by atoms with Crippen molar-refractivity contribution in [2.45, 2.75) is 18.9 Å². The van der Waals surface area contributed by atoms with Gasteiger partial charge in [-0.05, 0) is 49.2 Å². The van der Waals surface area contributed by atoms with Crippen LogP contribution in [0.4, 0.5) is 15.8 Å². The molecule has 204 valence electrons. The third-order valence-corrected chi connectivity index (χ3v) is 7.67. The van der Waals surface area contributed by atoms with Gasteiger partial charge < -0.3 is 19.9 Å². The molecule has 39 heavy (non-hydrogen) atoms. The average Bonchev–Trinajstić information content (AvgIpc) is 3.75. The van der Waals surface area contributed by atoms with Gasteiger partial charge in [0, 0.05) is 79.2 Å². The molecule has 2 N–H and O–H groups in total. The maximum atomic E-state index is 15.2. The third kappa shape index (κ3) is 5.39. The van der Waals surface area contributed by atoms with Crippen LogP contribution in [0.2, 0.25) is 5.02 Å². The first kappa shape index (κ1) is 27.2. The SMILES string of the molecule is Cl.O=C(O)c1cn(C2CC2)c2cc(N3CCN(CCNc4ccnc5cc(Cl)ccc45)CC3)c(F)cc2c1=O. The number of anilines is 2. The van der Waals surface area contributed by atoms with Gasteiger partial charge in [0.25, 0.3) is 0 Å². The Morgan fingerprint density at radius 2 is 1.87 bits per heavy atom. The Bertz CT molecular complexity index is 1620.